The maximum absolute atomic E-state index is 12.7. The van der Waals surface area contributed by atoms with Gasteiger partial charge in [0, 0.05) is 0 Å². The van der Waals surface area contributed by atoms with E-state index in [-0.39, 0.29) is 18.4 Å². The minimum absolute atomic E-state index is 0.179. The van der Waals surface area contributed by atoms with Crippen LogP contribution in [0.15, 0.2) is 60.7 Å². The van der Waals surface area contributed by atoms with Gasteiger partial charge in [0.15, 0.2) is 0 Å². The molecule has 0 aromatic heterocycles. The van der Waals surface area contributed by atoms with E-state index in [2.05, 4.69) is 5.32 Å². The topological polar surface area (TPSA) is 72.2 Å². The predicted molar refractivity (Wildman–Crippen MR) is 96.4 cm³/mol. The van der Waals surface area contributed by atoms with E-state index < -0.39 is 29.6 Å². The second kappa shape index (κ2) is 9.02. The first-order valence-corrected chi connectivity index (χ1v) is 8.22. The summed E-state index contributed by atoms with van der Waals surface area (Å²) in [5, 5.41) is 2.46. The van der Waals surface area contributed by atoms with E-state index in [9.17, 15) is 22.8 Å². The maximum Gasteiger partial charge on any atom is 0.416 e. The summed E-state index contributed by atoms with van der Waals surface area (Å²) >= 11 is 0. The molecule has 4 nitrogen and oxygen atoms in total. The van der Waals surface area contributed by atoms with E-state index in [1.54, 1.807) is 12.2 Å². The van der Waals surface area contributed by atoms with Gasteiger partial charge in [-0.1, -0.05) is 60.7 Å². The molecule has 2 amide bonds. The van der Waals surface area contributed by atoms with E-state index >= 15 is 0 Å². The van der Waals surface area contributed by atoms with Crippen molar-refractivity contribution in [1.29, 1.82) is 0 Å². The number of alkyl halides is 3. The summed E-state index contributed by atoms with van der Waals surface area (Å²) in [7, 11) is 0. The molecular weight excluding hydrogens is 357 g/mol. The van der Waals surface area contributed by atoms with Crippen molar-refractivity contribution in [3.8, 4) is 0 Å². The SMILES string of the molecule is NC(=O)[C@@H](C/C=C/c1ccccc1)NC(=O)Cc1cccc(C(F)(F)F)c1. The normalized spacial score (nSPS) is 12.7. The maximum atomic E-state index is 12.7. The third-order valence-corrected chi connectivity index (χ3v) is 3.78. The highest BCUT2D eigenvalue weighted by atomic mass is 19.4. The van der Waals surface area contributed by atoms with Gasteiger partial charge >= 0.3 is 6.18 Å². The van der Waals surface area contributed by atoms with Crippen LogP contribution in [0.4, 0.5) is 13.2 Å². The highest BCUT2D eigenvalue weighted by Crippen LogP contribution is 2.29. The molecule has 0 saturated heterocycles. The highest BCUT2D eigenvalue weighted by molar-refractivity contribution is 5.87. The van der Waals surface area contributed by atoms with Gasteiger partial charge in [0.1, 0.15) is 6.04 Å². The number of rotatable bonds is 7. The lowest BCUT2D eigenvalue weighted by Crippen LogP contribution is -2.44. The van der Waals surface area contributed by atoms with Crippen molar-refractivity contribution in [3.63, 3.8) is 0 Å². The zero-order valence-corrected chi connectivity index (χ0v) is 14.4. The van der Waals surface area contributed by atoms with E-state index in [1.807, 2.05) is 30.3 Å². The molecule has 0 fully saturated rings. The average molecular weight is 376 g/mol. The van der Waals surface area contributed by atoms with Crippen molar-refractivity contribution in [2.45, 2.75) is 25.1 Å². The van der Waals surface area contributed by atoms with E-state index in [1.165, 1.54) is 12.1 Å². The Morgan fingerprint density at radius 2 is 1.78 bits per heavy atom. The first-order chi connectivity index (χ1) is 12.8. The van der Waals surface area contributed by atoms with Gasteiger partial charge in [0.25, 0.3) is 0 Å². The monoisotopic (exact) mass is 376 g/mol. The molecule has 0 aliphatic rings. The van der Waals surface area contributed by atoms with Crippen LogP contribution in [0.3, 0.4) is 0 Å². The van der Waals surface area contributed by atoms with Crippen LogP contribution in [-0.2, 0) is 22.2 Å². The van der Waals surface area contributed by atoms with Gasteiger partial charge in [0.05, 0.1) is 12.0 Å². The fraction of sp³-hybridized carbons (Fsp3) is 0.200. The number of carbonyl (C=O) groups is 2. The fourth-order valence-electron chi connectivity index (χ4n) is 2.44. The van der Waals surface area contributed by atoms with E-state index in [4.69, 9.17) is 5.73 Å². The molecule has 2 aromatic carbocycles. The van der Waals surface area contributed by atoms with Crippen LogP contribution in [0.5, 0.6) is 0 Å². The number of primary amides is 1. The molecule has 0 spiro atoms. The molecular formula is C20H19F3N2O2. The molecule has 0 bridgehead atoms. The number of halogens is 3. The zero-order valence-electron chi connectivity index (χ0n) is 14.4. The lowest BCUT2D eigenvalue weighted by Gasteiger charge is -2.14. The lowest BCUT2D eigenvalue weighted by molar-refractivity contribution is -0.137. The number of nitrogens with two attached hydrogens (primary N) is 1. The molecule has 142 valence electrons. The molecule has 0 unspecified atom stereocenters. The highest BCUT2D eigenvalue weighted by Gasteiger charge is 2.30. The standard InChI is InChI=1S/C20H19F3N2O2/c21-20(22,23)16-10-4-9-15(12-16)13-18(26)25-17(19(24)27)11-5-8-14-6-2-1-3-7-14/h1-10,12,17H,11,13H2,(H2,24,27)(H,25,26)/b8-5+/t17-/m1/s1. The quantitative estimate of drug-likeness (QED) is 0.778. The van der Waals surface area contributed by atoms with Gasteiger partial charge in [-0.15, -0.1) is 0 Å². The largest absolute Gasteiger partial charge is 0.416 e. The third kappa shape index (κ3) is 6.62. The van der Waals surface area contributed by atoms with Crippen molar-refractivity contribution < 1.29 is 22.8 Å². The molecule has 2 aromatic rings. The first kappa shape index (κ1) is 20.2. The smallest absolute Gasteiger partial charge is 0.368 e. The summed E-state index contributed by atoms with van der Waals surface area (Å²) in [4.78, 5) is 23.6. The minimum atomic E-state index is -4.48. The van der Waals surface area contributed by atoms with E-state index in [0.29, 0.717) is 0 Å². The van der Waals surface area contributed by atoms with Gasteiger partial charge in [-0.2, -0.15) is 13.2 Å². The summed E-state index contributed by atoms with van der Waals surface area (Å²) in [5.41, 5.74) is 5.60. The molecule has 0 aliphatic heterocycles. The van der Waals surface area contributed by atoms with Crippen molar-refractivity contribution in [2.24, 2.45) is 5.73 Å². The number of nitrogens with one attached hydrogen (secondary N) is 1. The van der Waals surface area contributed by atoms with Crippen LogP contribution in [0.1, 0.15) is 23.1 Å². The Bertz CT molecular complexity index is 817. The van der Waals surface area contributed by atoms with Crippen LogP contribution < -0.4 is 11.1 Å². The number of amides is 2. The van der Waals surface area contributed by atoms with Crippen LogP contribution in [0, 0.1) is 0 Å². The Hall–Kier alpha value is -3.09. The second-order valence-corrected chi connectivity index (χ2v) is 5.95. The van der Waals surface area contributed by atoms with Gasteiger partial charge in [-0.05, 0) is 23.6 Å². The summed E-state index contributed by atoms with van der Waals surface area (Å²) in [6.45, 7) is 0. The van der Waals surface area contributed by atoms with Crippen molar-refractivity contribution in [3.05, 3.63) is 77.4 Å². The molecule has 3 N–H and O–H groups in total. The van der Waals surface area contributed by atoms with E-state index in [0.717, 1.165) is 17.7 Å². The summed E-state index contributed by atoms with van der Waals surface area (Å²) in [6.07, 6.45) is -1.09. The third-order valence-electron chi connectivity index (χ3n) is 3.78. The first-order valence-electron chi connectivity index (χ1n) is 8.22. The molecule has 0 saturated carbocycles. The molecule has 0 aliphatic carbocycles. The van der Waals surface area contributed by atoms with Crippen molar-refractivity contribution in [1.82, 2.24) is 5.32 Å². The van der Waals surface area contributed by atoms with Crippen LogP contribution in [0.2, 0.25) is 0 Å². The fourth-order valence-corrected chi connectivity index (χ4v) is 2.44. The van der Waals surface area contributed by atoms with Gasteiger partial charge in [-0.25, -0.2) is 0 Å². The Labute approximate surface area is 154 Å². The predicted octanol–water partition coefficient (Wildman–Crippen LogP) is 3.32. The van der Waals surface area contributed by atoms with Crippen LogP contribution in [0.25, 0.3) is 6.08 Å². The van der Waals surface area contributed by atoms with Crippen molar-refractivity contribution in [2.75, 3.05) is 0 Å². The molecule has 27 heavy (non-hydrogen) atoms. The van der Waals surface area contributed by atoms with Crippen molar-refractivity contribution >= 4 is 17.9 Å². The van der Waals surface area contributed by atoms with Gasteiger partial charge in [-0.3, -0.25) is 9.59 Å². The van der Waals surface area contributed by atoms with Gasteiger partial charge in [0.2, 0.25) is 11.8 Å². The summed E-state index contributed by atoms with van der Waals surface area (Å²) < 4.78 is 38.2. The molecule has 0 heterocycles. The number of hydrogen-bond acceptors (Lipinski definition) is 2. The van der Waals surface area contributed by atoms with Crippen LogP contribution >= 0.6 is 0 Å². The number of benzene rings is 2. The Morgan fingerprint density at radius 1 is 1.07 bits per heavy atom. The van der Waals surface area contributed by atoms with Crippen LogP contribution in [-0.4, -0.2) is 17.9 Å². The molecule has 1 atom stereocenters. The minimum Gasteiger partial charge on any atom is -0.368 e. The van der Waals surface area contributed by atoms with Gasteiger partial charge < -0.3 is 11.1 Å². The summed E-state index contributed by atoms with van der Waals surface area (Å²) in [5.74, 6) is -1.30. The number of carbonyl (C=O) groups excluding carboxylic acids is 2. The zero-order chi connectivity index (χ0) is 19.9. The number of hydrogen-bond donors (Lipinski definition) is 2. The summed E-state index contributed by atoms with van der Waals surface area (Å²) in [6, 6.07) is 12.9. The molecule has 7 heteroatoms. The molecule has 0 radical (unpaired) electrons. The lowest BCUT2D eigenvalue weighted by atomic mass is 10.1. The Balaban J connectivity index is 1.97. The Kier molecular flexibility index (Phi) is 6.76. The molecule has 2 rings (SSSR count). The Morgan fingerprint density at radius 3 is 2.41 bits per heavy atom. The second-order valence-electron chi connectivity index (χ2n) is 5.95. The average Bonchev–Trinajstić information content (AvgIpc) is 2.61.